The summed E-state index contributed by atoms with van der Waals surface area (Å²) in [6.45, 7) is 6.12. The number of nitrogens with one attached hydrogen (secondary N) is 1. The monoisotopic (exact) mass is 275 g/mol. The zero-order chi connectivity index (χ0) is 14.0. The number of aryl methyl sites for hydroxylation is 2. The topological polar surface area (TPSA) is 68.0 Å². The number of nitrogens with zero attached hydrogens (tertiary/aromatic N) is 1. The molecule has 100 valence electrons. The molecule has 4 nitrogen and oxygen atoms in total. The summed E-state index contributed by atoms with van der Waals surface area (Å²) in [5.74, 6) is 0.275. The molecule has 3 N–H and O–H groups in total. The maximum absolute atomic E-state index is 12.1. The molecule has 0 aromatic carbocycles. The number of thiophene rings is 1. The Balaban J connectivity index is 2.10. The van der Waals surface area contributed by atoms with Crippen LogP contribution in [0.25, 0.3) is 0 Å². The average Bonchev–Trinajstić information content (AvgIpc) is 2.69. The van der Waals surface area contributed by atoms with Crippen LogP contribution >= 0.6 is 11.3 Å². The van der Waals surface area contributed by atoms with E-state index in [1.165, 1.54) is 21.5 Å². The molecule has 0 radical (unpaired) electrons. The lowest BCUT2D eigenvalue weighted by Crippen LogP contribution is -2.26. The van der Waals surface area contributed by atoms with Crippen LogP contribution in [0.4, 0.5) is 5.82 Å². The molecule has 19 heavy (non-hydrogen) atoms. The molecular weight excluding hydrogens is 258 g/mol. The summed E-state index contributed by atoms with van der Waals surface area (Å²) < 4.78 is 0. The second-order valence-electron chi connectivity index (χ2n) is 4.54. The van der Waals surface area contributed by atoms with E-state index in [0.717, 1.165) is 0 Å². The van der Waals surface area contributed by atoms with Crippen molar-refractivity contribution in [1.29, 1.82) is 0 Å². The summed E-state index contributed by atoms with van der Waals surface area (Å²) in [5.41, 5.74) is 7.19. The minimum atomic E-state index is -0.136. The molecular formula is C14H17N3OS. The molecule has 0 aliphatic rings. The molecule has 0 bridgehead atoms. The van der Waals surface area contributed by atoms with Gasteiger partial charge >= 0.3 is 0 Å². The van der Waals surface area contributed by atoms with Crippen LogP contribution in [0.3, 0.4) is 0 Å². The maximum Gasteiger partial charge on any atom is 0.253 e. The zero-order valence-electron chi connectivity index (χ0n) is 11.2. The third kappa shape index (κ3) is 3.12. The highest BCUT2D eigenvalue weighted by molar-refractivity contribution is 7.12. The average molecular weight is 275 g/mol. The Hall–Kier alpha value is -1.88. The Morgan fingerprint density at radius 3 is 2.68 bits per heavy atom. The van der Waals surface area contributed by atoms with Crippen molar-refractivity contribution in [2.45, 2.75) is 26.8 Å². The van der Waals surface area contributed by atoms with Gasteiger partial charge in [-0.15, -0.1) is 11.3 Å². The predicted molar refractivity (Wildman–Crippen MR) is 78.3 cm³/mol. The summed E-state index contributed by atoms with van der Waals surface area (Å²) in [4.78, 5) is 18.5. The van der Waals surface area contributed by atoms with E-state index in [4.69, 9.17) is 5.73 Å². The van der Waals surface area contributed by atoms with Gasteiger partial charge in [0.1, 0.15) is 5.82 Å². The first-order valence-corrected chi connectivity index (χ1v) is 6.88. The van der Waals surface area contributed by atoms with Gasteiger partial charge in [0.15, 0.2) is 0 Å². The van der Waals surface area contributed by atoms with Crippen LogP contribution in [0.5, 0.6) is 0 Å². The van der Waals surface area contributed by atoms with Gasteiger partial charge in [-0.3, -0.25) is 4.79 Å². The van der Waals surface area contributed by atoms with E-state index in [0.29, 0.717) is 11.4 Å². The number of rotatable bonds is 3. The van der Waals surface area contributed by atoms with E-state index >= 15 is 0 Å². The van der Waals surface area contributed by atoms with Gasteiger partial charge in [0.25, 0.3) is 5.91 Å². The number of carbonyl (C=O) groups excluding carboxylic acids is 1. The van der Waals surface area contributed by atoms with Crippen molar-refractivity contribution >= 4 is 23.1 Å². The number of carbonyl (C=O) groups is 1. The van der Waals surface area contributed by atoms with Gasteiger partial charge in [0, 0.05) is 16.0 Å². The number of hydrogen-bond donors (Lipinski definition) is 2. The number of amides is 1. The highest BCUT2D eigenvalue weighted by Gasteiger charge is 2.15. The molecule has 0 saturated carbocycles. The van der Waals surface area contributed by atoms with Crippen LogP contribution in [0.15, 0.2) is 24.4 Å². The van der Waals surface area contributed by atoms with Gasteiger partial charge in [-0.1, -0.05) is 0 Å². The van der Waals surface area contributed by atoms with Crippen LogP contribution in [-0.2, 0) is 0 Å². The standard InChI is InChI=1S/C14H17N3OS/c1-8-6-12(10(3)19-8)9(2)17-14(18)11-4-5-13(15)16-7-11/h4-7,9H,1-3H3,(H2,15,16)(H,17,18). The molecule has 0 aliphatic heterocycles. The third-order valence-corrected chi connectivity index (χ3v) is 3.92. The highest BCUT2D eigenvalue weighted by Crippen LogP contribution is 2.26. The van der Waals surface area contributed by atoms with E-state index in [9.17, 15) is 4.79 Å². The number of hydrogen-bond acceptors (Lipinski definition) is 4. The van der Waals surface area contributed by atoms with Crippen LogP contribution in [0.2, 0.25) is 0 Å². The second kappa shape index (κ2) is 5.40. The molecule has 0 saturated heterocycles. The van der Waals surface area contributed by atoms with E-state index in [1.54, 1.807) is 23.5 Å². The van der Waals surface area contributed by atoms with Gasteiger partial charge < -0.3 is 11.1 Å². The molecule has 0 fully saturated rings. The largest absolute Gasteiger partial charge is 0.384 e. The fraction of sp³-hybridized carbons (Fsp3) is 0.286. The molecule has 5 heteroatoms. The van der Waals surface area contributed by atoms with E-state index < -0.39 is 0 Å². The van der Waals surface area contributed by atoms with Gasteiger partial charge in [0.05, 0.1) is 11.6 Å². The molecule has 0 spiro atoms. The van der Waals surface area contributed by atoms with Crippen LogP contribution in [0.1, 0.15) is 38.6 Å². The lowest BCUT2D eigenvalue weighted by molar-refractivity contribution is 0.0939. The molecule has 2 heterocycles. The molecule has 2 aromatic rings. The highest BCUT2D eigenvalue weighted by atomic mass is 32.1. The summed E-state index contributed by atoms with van der Waals surface area (Å²) in [7, 11) is 0. The molecule has 1 amide bonds. The van der Waals surface area contributed by atoms with Crippen molar-refractivity contribution < 1.29 is 4.79 Å². The van der Waals surface area contributed by atoms with Crippen molar-refractivity contribution in [3.05, 3.63) is 45.3 Å². The third-order valence-electron chi connectivity index (χ3n) is 2.94. The van der Waals surface area contributed by atoms with Crippen molar-refractivity contribution in [3.8, 4) is 0 Å². The van der Waals surface area contributed by atoms with Crippen LogP contribution in [0, 0.1) is 13.8 Å². The molecule has 2 aromatic heterocycles. The maximum atomic E-state index is 12.1. The molecule has 0 aliphatic carbocycles. The fourth-order valence-electron chi connectivity index (χ4n) is 1.98. The Labute approximate surface area is 116 Å². The van der Waals surface area contributed by atoms with Gasteiger partial charge in [-0.2, -0.15) is 0 Å². The molecule has 2 rings (SSSR count). The number of nitrogen functional groups attached to an aromatic ring is 1. The Kier molecular flexibility index (Phi) is 3.85. The van der Waals surface area contributed by atoms with Crippen molar-refractivity contribution in [1.82, 2.24) is 10.3 Å². The summed E-state index contributed by atoms with van der Waals surface area (Å²) in [5, 5.41) is 2.97. The smallest absolute Gasteiger partial charge is 0.253 e. The van der Waals surface area contributed by atoms with Crippen LogP contribution < -0.4 is 11.1 Å². The SMILES string of the molecule is Cc1cc(C(C)NC(=O)c2ccc(N)nc2)c(C)s1. The predicted octanol–water partition coefficient (Wildman–Crippen LogP) is 2.83. The summed E-state index contributed by atoms with van der Waals surface area (Å²) >= 11 is 1.74. The quantitative estimate of drug-likeness (QED) is 0.905. The number of pyridine rings is 1. The van der Waals surface area contributed by atoms with Gasteiger partial charge in [-0.05, 0) is 44.5 Å². The normalized spacial score (nSPS) is 12.2. The zero-order valence-corrected chi connectivity index (χ0v) is 12.0. The Morgan fingerprint density at radius 2 is 2.16 bits per heavy atom. The summed E-state index contributed by atoms with van der Waals surface area (Å²) in [6.07, 6.45) is 1.49. The Morgan fingerprint density at radius 1 is 1.42 bits per heavy atom. The number of anilines is 1. The first-order chi connectivity index (χ1) is 8.97. The van der Waals surface area contributed by atoms with E-state index in [2.05, 4.69) is 30.2 Å². The van der Waals surface area contributed by atoms with Crippen molar-refractivity contribution in [2.75, 3.05) is 5.73 Å². The van der Waals surface area contributed by atoms with Crippen molar-refractivity contribution in [2.24, 2.45) is 0 Å². The lowest BCUT2D eigenvalue weighted by Gasteiger charge is -2.13. The first kappa shape index (κ1) is 13.5. The lowest BCUT2D eigenvalue weighted by atomic mass is 10.1. The van der Waals surface area contributed by atoms with Gasteiger partial charge in [0.2, 0.25) is 0 Å². The second-order valence-corrected chi connectivity index (χ2v) is 6.00. The first-order valence-electron chi connectivity index (χ1n) is 6.06. The molecule has 1 unspecified atom stereocenters. The Bertz CT molecular complexity index is 589. The summed E-state index contributed by atoms with van der Waals surface area (Å²) in [6, 6.07) is 5.40. The number of aromatic nitrogens is 1. The fourth-order valence-corrected chi connectivity index (χ4v) is 3.00. The van der Waals surface area contributed by atoms with Gasteiger partial charge in [-0.25, -0.2) is 4.98 Å². The minimum Gasteiger partial charge on any atom is -0.384 e. The molecule has 1 atom stereocenters. The van der Waals surface area contributed by atoms with E-state index in [-0.39, 0.29) is 11.9 Å². The minimum absolute atomic E-state index is 0.0185. The van der Waals surface area contributed by atoms with Crippen molar-refractivity contribution in [3.63, 3.8) is 0 Å². The van der Waals surface area contributed by atoms with Crippen LogP contribution in [-0.4, -0.2) is 10.9 Å². The number of nitrogens with two attached hydrogens (primary N) is 1. The van der Waals surface area contributed by atoms with E-state index in [1.807, 2.05) is 6.92 Å².